The molecule has 0 aliphatic heterocycles. The first-order chi connectivity index (χ1) is 7.66. The summed E-state index contributed by atoms with van der Waals surface area (Å²) in [6.45, 7) is 4.73. The van der Waals surface area contributed by atoms with Crippen molar-refractivity contribution in [2.45, 2.75) is 65.2 Å². The summed E-state index contributed by atoms with van der Waals surface area (Å²) in [7, 11) is 0. The number of carbonyl (C=O) groups is 1. The predicted octanol–water partition coefficient (Wildman–Crippen LogP) is 4.21. The lowest BCUT2D eigenvalue weighted by atomic mass is 9.69. The minimum atomic E-state index is 0.424. The van der Waals surface area contributed by atoms with E-state index in [9.17, 15) is 4.79 Å². The van der Waals surface area contributed by atoms with Crippen LogP contribution in [0.4, 0.5) is 0 Å². The molecule has 2 saturated carbocycles. The van der Waals surface area contributed by atoms with Crippen molar-refractivity contribution in [2.24, 2.45) is 23.7 Å². The van der Waals surface area contributed by atoms with Crippen molar-refractivity contribution in [2.75, 3.05) is 0 Å². The van der Waals surface area contributed by atoms with Gasteiger partial charge in [0.1, 0.15) is 5.78 Å². The Labute approximate surface area is 100.0 Å². The third-order valence-electron chi connectivity index (χ3n) is 4.64. The first-order valence-electron chi connectivity index (χ1n) is 7.19. The van der Waals surface area contributed by atoms with Crippen LogP contribution in [-0.4, -0.2) is 5.78 Å². The van der Waals surface area contributed by atoms with Crippen LogP contribution in [0.5, 0.6) is 0 Å². The van der Waals surface area contributed by atoms with Crippen LogP contribution in [0.3, 0.4) is 0 Å². The third-order valence-corrected chi connectivity index (χ3v) is 4.64. The number of rotatable bonds is 1. The van der Waals surface area contributed by atoms with Gasteiger partial charge in [-0.25, -0.2) is 0 Å². The molecule has 0 aromatic heterocycles. The van der Waals surface area contributed by atoms with Gasteiger partial charge in [0, 0.05) is 12.3 Å². The van der Waals surface area contributed by atoms with Gasteiger partial charge in [-0.2, -0.15) is 0 Å². The summed E-state index contributed by atoms with van der Waals surface area (Å²) < 4.78 is 0. The monoisotopic (exact) mass is 222 g/mol. The average Bonchev–Trinajstić information content (AvgIpc) is 2.41. The molecule has 92 valence electrons. The van der Waals surface area contributed by atoms with Gasteiger partial charge < -0.3 is 0 Å². The molecular formula is C15H26O. The number of carbonyl (C=O) groups excluding carboxylic acids is 1. The largest absolute Gasteiger partial charge is 0.299 e. The van der Waals surface area contributed by atoms with Gasteiger partial charge in [-0.15, -0.1) is 0 Å². The van der Waals surface area contributed by atoms with Crippen molar-refractivity contribution in [1.29, 1.82) is 0 Å². The van der Waals surface area contributed by atoms with Gasteiger partial charge in [-0.05, 0) is 49.9 Å². The Hall–Kier alpha value is -0.330. The SMILES string of the molecule is CC1CC(C)CC(C2CCCCCC2=O)C1. The molecule has 0 aromatic rings. The van der Waals surface area contributed by atoms with E-state index in [0.717, 1.165) is 24.7 Å². The standard InChI is InChI=1S/C15H26O/c1-11-8-12(2)10-13(9-11)14-6-4-3-5-7-15(14)16/h11-14H,3-10H2,1-2H3. The lowest BCUT2D eigenvalue weighted by molar-refractivity contribution is -0.125. The second-order valence-electron chi connectivity index (χ2n) is 6.35. The highest BCUT2D eigenvalue weighted by Crippen LogP contribution is 2.40. The molecule has 0 amide bonds. The zero-order valence-corrected chi connectivity index (χ0v) is 10.9. The molecule has 2 aliphatic rings. The molecular weight excluding hydrogens is 196 g/mol. The summed E-state index contributed by atoms with van der Waals surface area (Å²) in [5.41, 5.74) is 0. The average molecular weight is 222 g/mol. The Bertz CT molecular complexity index is 236. The Kier molecular flexibility index (Phi) is 4.05. The molecule has 1 heteroatoms. The minimum Gasteiger partial charge on any atom is -0.299 e. The highest BCUT2D eigenvalue weighted by Gasteiger charge is 2.33. The second kappa shape index (κ2) is 5.33. The molecule has 3 unspecified atom stereocenters. The molecule has 1 nitrogen and oxygen atoms in total. The van der Waals surface area contributed by atoms with E-state index in [4.69, 9.17) is 0 Å². The normalized spacial score (nSPS) is 41.8. The van der Waals surface area contributed by atoms with Gasteiger partial charge in [-0.3, -0.25) is 4.79 Å². The summed E-state index contributed by atoms with van der Waals surface area (Å²) in [5.74, 6) is 3.40. The van der Waals surface area contributed by atoms with Gasteiger partial charge in [0.2, 0.25) is 0 Å². The quantitative estimate of drug-likeness (QED) is 0.607. The van der Waals surface area contributed by atoms with Crippen LogP contribution in [0.1, 0.15) is 65.2 Å². The molecule has 0 N–H and O–H groups in total. The fourth-order valence-corrected chi connectivity index (χ4v) is 4.02. The molecule has 0 heterocycles. The highest BCUT2D eigenvalue weighted by atomic mass is 16.1. The van der Waals surface area contributed by atoms with E-state index in [1.54, 1.807) is 0 Å². The number of ketones is 1. The topological polar surface area (TPSA) is 17.1 Å². The number of Topliss-reactive ketones (excluding diaryl/α,β-unsaturated/α-hetero) is 1. The van der Waals surface area contributed by atoms with Crippen LogP contribution in [0.25, 0.3) is 0 Å². The van der Waals surface area contributed by atoms with Crippen molar-refractivity contribution in [3.8, 4) is 0 Å². The zero-order valence-electron chi connectivity index (χ0n) is 10.9. The maximum atomic E-state index is 12.1. The minimum absolute atomic E-state index is 0.424. The number of hydrogen-bond acceptors (Lipinski definition) is 1. The molecule has 0 spiro atoms. The van der Waals surface area contributed by atoms with Gasteiger partial charge in [0.05, 0.1) is 0 Å². The molecule has 3 atom stereocenters. The van der Waals surface area contributed by atoms with Crippen molar-refractivity contribution >= 4 is 5.78 Å². The van der Waals surface area contributed by atoms with E-state index in [1.807, 2.05) is 0 Å². The van der Waals surface area contributed by atoms with Crippen molar-refractivity contribution in [3.05, 3.63) is 0 Å². The second-order valence-corrected chi connectivity index (χ2v) is 6.35. The lowest BCUT2D eigenvalue weighted by Crippen LogP contribution is -2.30. The summed E-state index contributed by atoms with van der Waals surface area (Å²) in [6.07, 6.45) is 9.74. The maximum absolute atomic E-state index is 12.1. The predicted molar refractivity (Wildman–Crippen MR) is 67.3 cm³/mol. The van der Waals surface area contributed by atoms with Crippen LogP contribution in [0.2, 0.25) is 0 Å². The zero-order chi connectivity index (χ0) is 11.5. The molecule has 0 saturated heterocycles. The van der Waals surface area contributed by atoms with Gasteiger partial charge in [0.15, 0.2) is 0 Å². The maximum Gasteiger partial charge on any atom is 0.136 e. The smallest absolute Gasteiger partial charge is 0.136 e. The van der Waals surface area contributed by atoms with Crippen LogP contribution in [-0.2, 0) is 4.79 Å². The highest BCUT2D eigenvalue weighted by molar-refractivity contribution is 5.81. The molecule has 0 bridgehead atoms. The Morgan fingerprint density at radius 2 is 1.62 bits per heavy atom. The van der Waals surface area contributed by atoms with E-state index >= 15 is 0 Å². The van der Waals surface area contributed by atoms with Gasteiger partial charge >= 0.3 is 0 Å². The number of hydrogen-bond donors (Lipinski definition) is 0. The fourth-order valence-electron chi connectivity index (χ4n) is 4.02. The Morgan fingerprint density at radius 1 is 0.938 bits per heavy atom. The van der Waals surface area contributed by atoms with Crippen molar-refractivity contribution < 1.29 is 4.79 Å². The first kappa shape index (κ1) is 12.1. The van der Waals surface area contributed by atoms with Gasteiger partial charge in [-0.1, -0.05) is 26.7 Å². The first-order valence-corrected chi connectivity index (χ1v) is 7.19. The van der Waals surface area contributed by atoms with E-state index in [1.165, 1.54) is 38.5 Å². The van der Waals surface area contributed by atoms with Crippen molar-refractivity contribution in [3.63, 3.8) is 0 Å². The molecule has 2 fully saturated rings. The van der Waals surface area contributed by atoms with Crippen LogP contribution < -0.4 is 0 Å². The molecule has 0 aromatic carbocycles. The Balaban J connectivity index is 2.01. The summed E-state index contributed by atoms with van der Waals surface area (Å²) in [5, 5.41) is 0. The lowest BCUT2D eigenvalue weighted by Gasteiger charge is -2.35. The molecule has 2 aliphatic carbocycles. The van der Waals surface area contributed by atoms with Crippen LogP contribution in [0, 0.1) is 23.7 Å². The van der Waals surface area contributed by atoms with E-state index < -0.39 is 0 Å². The van der Waals surface area contributed by atoms with Crippen molar-refractivity contribution in [1.82, 2.24) is 0 Å². The van der Waals surface area contributed by atoms with Crippen LogP contribution in [0.15, 0.2) is 0 Å². The van der Waals surface area contributed by atoms with Crippen LogP contribution >= 0.6 is 0 Å². The molecule has 2 rings (SSSR count). The molecule has 0 radical (unpaired) electrons. The third kappa shape index (κ3) is 2.87. The fraction of sp³-hybridized carbons (Fsp3) is 0.933. The van der Waals surface area contributed by atoms with E-state index in [-0.39, 0.29) is 0 Å². The molecule has 16 heavy (non-hydrogen) atoms. The van der Waals surface area contributed by atoms with Gasteiger partial charge in [0.25, 0.3) is 0 Å². The summed E-state index contributed by atoms with van der Waals surface area (Å²) in [6, 6.07) is 0. The summed E-state index contributed by atoms with van der Waals surface area (Å²) >= 11 is 0. The Morgan fingerprint density at radius 3 is 2.31 bits per heavy atom. The van der Waals surface area contributed by atoms with E-state index in [0.29, 0.717) is 17.6 Å². The summed E-state index contributed by atoms with van der Waals surface area (Å²) in [4.78, 5) is 12.1. The van der Waals surface area contributed by atoms with E-state index in [2.05, 4.69) is 13.8 Å².